The van der Waals surface area contributed by atoms with Gasteiger partial charge in [-0.25, -0.2) is 0 Å². The number of aliphatic hydroxyl groups is 1. The van der Waals surface area contributed by atoms with Crippen molar-refractivity contribution >= 4 is 5.91 Å². The van der Waals surface area contributed by atoms with Crippen LogP contribution in [0.4, 0.5) is 0 Å². The van der Waals surface area contributed by atoms with Gasteiger partial charge in [0.05, 0.1) is 13.2 Å². The fraction of sp³-hybridized carbons (Fsp3) is 0.923. The van der Waals surface area contributed by atoms with Crippen molar-refractivity contribution in [1.82, 2.24) is 4.90 Å². The fourth-order valence-corrected chi connectivity index (χ4v) is 2.99. The number of hydrogen-bond donors (Lipinski definition) is 2. The smallest absolute Gasteiger partial charge is 0.245 e. The molecular weight excluding hydrogens is 232 g/mol. The predicted octanol–water partition coefficient (Wildman–Crippen LogP) is 0.258. The quantitative estimate of drug-likeness (QED) is 0.756. The summed E-state index contributed by atoms with van der Waals surface area (Å²) in [5.74, 6) is -0.0408. The predicted molar refractivity (Wildman–Crippen MR) is 68.0 cm³/mol. The van der Waals surface area contributed by atoms with Gasteiger partial charge in [-0.1, -0.05) is 19.3 Å². The van der Waals surface area contributed by atoms with Gasteiger partial charge in [0.2, 0.25) is 5.91 Å². The van der Waals surface area contributed by atoms with E-state index in [-0.39, 0.29) is 18.6 Å². The fourth-order valence-electron chi connectivity index (χ4n) is 2.99. The SMILES string of the molecule is NC1(C(=O)N(CCO)C2CCCCC2)CCOC1. The van der Waals surface area contributed by atoms with Crippen LogP contribution in [0.1, 0.15) is 38.5 Å². The average Bonchev–Trinajstić information content (AvgIpc) is 2.84. The summed E-state index contributed by atoms with van der Waals surface area (Å²) in [7, 11) is 0. The van der Waals surface area contributed by atoms with Crippen LogP contribution in [-0.4, -0.2) is 53.9 Å². The zero-order valence-corrected chi connectivity index (χ0v) is 10.9. The Morgan fingerprint density at radius 1 is 1.39 bits per heavy atom. The molecule has 0 spiro atoms. The summed E-state index contributed by atoms with van der Waals surface area (Å²) < 4.78 is 5.26. The molecule has 0 radical (unpaired) electrons. The number of hydrogen-bond acceptors (Lipinski definition) is 4. The average molecular weight is 256 g/mol. The molecule has 5 nitrogen and oxygen atoms in total. The maximum absolute atomic E-state index is 12.6. The summed E-state index contributed by atoms with van der Waals surface area (Å²) in [5.41, 5.74) is 5.27. The minimum absolute atomic E-state index is 0.000816. The van der Waals surface area contributed by atoms with Crippen molar-refractivity contribution in [3.8, 4) is 0 Å². The first kappa shape index (κ1) is 13.8. The Hall–Kier alpha value is -0.650. The van der Waals surface area contributed by atoms with Gasteiger partial charge in [-0.3, -0.25) is 4.79 Å². The van der Waals surface area contributed by atoms with Crippen LogP contribution in [0, 0.1) is 0 Å². The molecule has 1 saturated carbocycles. The van der Waals surface area contributed by atoms with Gasteiger partial charge >= 0.3 is 0 Å². The Morgan fingerprint density at radius 3 is 2.67 bits per heavy atom. The lowest BCUT2D eigenvalue weighted by Gasteiger charge is -2.38. The van der Waals surface area contributed by atoms with Crippen LogP contribution < -0.4 is 5.73 Å². The number of ether oxygens (including phenoxy) is 1. The second-order valence-electron chi connectivity index (χ2n) is 5.47. The zero-order valence-electron chi connectivity index (χ0n) is 10.9. The first-order chi connectivity index (χ1) is 8.67. The second kappa shape index (κ2) is 5.99. The van der Waals surface area contributed by atoms with Gasteiger partial charge in [-0.2, -0.15) is 0 Å². The molecule has 1 heterocycles. The van der Waals surface area contributed by atoms with E-state index >= 15 is 0 Å². The zero-order chi connectivity index (χ0) is 13.0. The number of carbonyl (C=O) groups is 1. The van der Waals surface area contributed by atoms with Crippen molar-refractivity contribution in [3.63, 3.8) is 0 Å². The molecular formula is C13H24N2O3. The van der Waals surface area contributed by atoms with E-state index < -0.39 is 5.54 Å². The summed E-state index contributed by atoms with van der Waals surface area (Å²) in [6, 6.07) is 0.249. The highest BCUT2D eigenvalue weighted by molar-refractivity contribution is 5.87. The number of amides is 1. The molecule has 2 rings (SSSR count). The molecule has 3 N–H and O–H groups in total. The Bertz CT molecular complexity index is 284. The molecule has 0 aromatic rings. The van der Waals surface area contributed by atoms with Crippen LogP contribution in [-0.2, 0) is 9.53 Å². The Labute approximate surface area is 108 Å². The Kier molecular flexibility index (Phi) is 4.59. The van der Waals surface area contributed by atoms with Gasteiger partial charge in [0.15, 0.2) is 0 Å². The van der Waals surface area contributed by atoms with Crippen LogP contribution >= 0.6 is 0 Å². The molecule has 1 saturated heterocycles. The van der Waals surface area contributed by atoms with E-state index in [0.29, 0.717) is 26.2 Å². The van der Waals surface area contributed by atoms with Crippen molar-refractivity contribution in [1.29, 1.82) is 0 Å². The van der Waals surface area contributed by atoms with Gasteiger partial charge in [0.25, 0.3) is 0 Å². The maximum Gasteiger partial charge on any atom is 0.245 e. The molecule has 18 heavy (non-hydrogen) atoms. The Balaban J connectivity index is 2.05. The minimum atomic E-state index is -0.868. The van der Waals surface area contributed by atoms with Crippen molar-refractivity contribution in [2.45, 2.75) is 50.1 Å². The standard InChI is InChI=1S/C13H24N2O3/c14-13(6-9-18-10-13)12(17)15(7-8-16)11-4-2-1-3-5-11/h11,16H,1-10,14H2. The summed E-state index contributed by atoms with van der Waals surface area (Å²) in [4.78, 5) is 14.4. The molecule has 5 heteroatoms. The number of aliphatic hydroxyl groups excluding tert-OH is 1. The van der Waals surface area contributed by atoms with Crippen LogP contribution in [0.2, 0.25) is 0 Å². The number of rotatable bonds is 4. The van der Waals surface area contributed by atoms with Gasteiger partial charge < -0.3 is 20.5 Å². The maximum atomic E-state index is 12.6. The third-order valence-electron chi connectivity index (χ3n) is 4.10. The lowest BCUT2D eigenvalue weighted by atomic mass is 9.91. The molecule has 0 aromatic carbocycles. The van der Waals surface area contributed by atoms with E-state index in [2.05, 4.69) is 0 Å². The molecule has 2 aliphatic rings. The van der Waals surface area contributed by atoms with Gasteiger partial charge in [0, 0.05) is 19.2 Å². The number of nitrogens with two attached hydrogens (primary N) is 1. The summed E-state index contributed by atoms with van der Waals surface area (Å²) in [6.45, 7) is 1.25. The van der Waals surface area contributed by atoms with Gasteiger partial charge in [-0.15, -0.1) is 0 Å². The third-order valence-corrected chi connectivity index (χ3v) is 4.10. The molecule has 104 valence electrons. The van der Waals surface area contributed by atoms with E-state index in [1.54, 1.807) is 4.90 Å². The lowest BCUT2D eigenvalue weighted by molar-refractivity contribution is -0.140. The number of nitrogens with zero attached hydrogens (tertiary/aromatic N) is 1. The van der Waals surface area contributed by atoms with Crippen LogP contribution in [0.5, 0.6) is 0 Å². The van der Waals surface area contributed by atoms with E-state index in [9.17, 15) is 9.90 Å². The highest BCUT2D eigenvalue weighted by Gasteiger charge is 2.42. The summed E-state index contributed by atoms with van der Waals surface area (Å²) >= 11 is 0. The molecule has 1 unspecified atom stereocenters. The van der Waals surface area contributed by atoms with Crippen LogP contribution in [0.15, 0.2) is 0 Å². The molecule has 0 bridgehead atoms. The highest BCUT2D eigenvalue weighted by atomic mass is 16.5. The molecule has 1 aliphatic carbocycles. The molecule has 1 amide bonds. The van der Waals surface area contributed by atoms with E-state index in [4.69, 9.17) is 10.5 Å². The van der Waals surface area contributed by atoms with Crippen molar-refractivity contribution in [2.75, 3.05) is 26.4 Å². The first-order valence-corrected chi connectivity index (χ1v) is 6.96. The largest absolute Gasteiger partial charge is 0.395 e. The van der Waals surface area contributed by atoms with Crippen molar-refractivity contribution in [2.24, 2.45) is 5.73 Å². The lowest BCUT2D eigenvalue weighted by Crippen LogP contribution is -2.59. The van der Waals surface area contributed by atoms with E-state index in [1.807, 2.05) is 0 Å². The monoisotopic (exact) mass is 256 g/mol. The topological polar surface area (TPSA) is 75.8 Å². The molecule has 1 aliphatic heterocycles. The van der Waals surface area contributed by atoms with Crippen molar-refractivity contribution < 1.29 is 14.6 Å². The summed E-state index contributed by atoms with van der Waals surface area (Å²) in [6.07, 6.45) is 6.21. The third kappa shape index (κ3) is 2.84. The highest BCUT2D eigenvalue weighted by Crippen LogP contribution is 2.26. The van der Waals surface area contributed by atoms with Crippen molar-refractivity contribution in [3.05, 3.63) is 0 Å². The van der Waals surface area contributed by atoms with Gasteiger partial charge in [0.1, 0.15) is 5.54 Å². The van der Waals surface area contributed by atoms with E-state index in [1.165, 1.54) is 6.42 Å². The van der Waals surface area contributed by atoms with Gasteiger partial charge in [-0.05, 0) is 19.3 Å². The second-order valence-corrected chi connectivity index (χ2v) is 5.47. The van der Waals surface area contributed by atoms with Crippen LogP contribution in [0.3, 0.4) is 0 Å². The summed E-state index contributed by atoms with van der Waals surface area (Å²) in [5, 5.41) is 9.18. The Morgan fingerprint density at radius 2 is 2.11 bits per heavy atom. The molecule has 1 atom stereocenters. The number of carbonyl (C=O) groups excluding carboxylic acids is 1. The molecule has 2 fully saturated rings. The first-order valence-electron chi connectivity index (χ1n) is 6.96. The molecule has 0 aromatic heterocycles. The minimum Gasteiger partial charge on any atom is -0.395 e. The van der Waals surface area contributed by atoms with Crippen LogP contribution in [0.25, 0.3) is 0 Å². The normalized spacial score (nSPS) is 29.4. The van der Waals surface area contributed by atoms with E-state index in [0.717, 1.165) is 25.7 Å².